The van der Waals surface area contributed by atoms with Crippen LogP contribution in [0.15, 0.2) is 40.3 Å². The average Bonchev–Trinajstić information content (AvgIpc) is 3.45. The Morgan fingerprint density at radius 2 is 2.10 bits per heavy atom. The van der Waals surface area contributed by atoms with Gasteiger partial charge in [0.1, 0.15) is 5.56 Å². The molecular formula is C21H24N4O3S. The second-order valence-electron chi connectivity index (χ2n) is 7.14. The molecule has 0 spiro atoms. The third-order valence-electron chi connectivity index (χ3n) is 5.22. The van der Waals surface area contributed by atoms with E-state index in [1.165, 1.54) is 0 Å². The molecule has 0 saturated heterocycles. The van der Waals surface area contributed by atoms with Crippen molar-refractivity contribution in [3.8, 4) is 16.6 Å². The van der Waals surface area contributed by atoms with Crippen molar-refractivity contribution in [2.24, 2.45) is 5.92 Å². The molecular weight excluding hydrogens is 388 g/mol. The summed E-state index contributed by atoms with van der Waals surface area (Å²) in [5, 5.41) is 13.5. The summed E-state index contributed by atoms with van der Waals surface area (Å²) in [6.45, 7) is 3.00. The van der Waals surface area contributed by atoms with Crippen LogP contribution in [0, 0.1) is 5.92 Å². The van der Waals surface area contributed by atoms with Crippen LogP contribution in [0.3, 0.4) is 0 Å². The van der Waals surface area contributed by atoms with Gasteiger partial charge in [-0.05, 0) is 62.1 Å². The third-order valence-corrected chi connectivity index (χ3v) is 6.07. The Labute approximate surface area is 173 Å². The first-order chi connectivity index (χ1) is 14.2. The van der Waals surface area contributed by atoms with Crippen molar-refractivity contribution in [1.82, 2.24) is 20.5 Å². The largest absolute Gasteiger partial charge is 0.477 e. The second kappa shape index (κ2) is 9.17. The van der Waals surface area contributed by atoms with Gasteiger partial charge in [-0.3, -0.25) is 4.79 Å². The van der Waals surface area contributed by atoms with Gasteiger partial charge in [0.2, 0.25) is 11.8 Å². The normalized spacial score (nSPS) is 19.1. The van der Waals surface area contributed by atoms with E-state index in [2.05, 4.69) is 20.5 Å². The van der Waals surface area contributed by atoms with Crippen LogP contribution in [0.25, 0.3) is 10.8 Å². The van der Waals surface area contributed by atoms with Crippen molar-refractivity contribution >= 4 is 17.2 Å². The van der Waals surface area contributed by atoms with Crippen LogP contribution in [0.2, 0.25) is 0 Å². The Hall–Kier alpha value is -2.74. The van der Waals surface area contributed by atoms with Crippen LogP contribution >= 0.6 is 11.3 Å². The van der Waals surface area contributed by atoms with Crippen molar-refractivity contribution in [1.29, 1.82) is 0 Å². The molecule has 0 atom stereocenters. The number of amides is 1. The minimum Gasteiger partial charge on any atom is -0.477 e. The first-order valence-electron chi connectivity index (χ1n) is 9.98. The average molecular weight is 413 g/mol. The van der Waals surface area contributed by atoms with Gasteiger partial charge < -0.3 is 14.5 Å². The number of aromatic nitrogens is 3. The number of hydrogen-bond acceptors (Lipinski definition) is 7. The first kappa shape index (κ1) is 19.6. The Bertz CT molecular complexity index is 933. The van der Waals surface area contributed by atoms with E-state index in [1.54, 1.807) is 29.7 Å². The molecule has 0 aromatic carbocycles. The van der Waals surface area contributed by atoms with E-state index >= 15 is 0 Å². The molecule has 29 heavy (non-hydrogen) atoms. The highest BCUT2D eigenvalue weighted by Crippen LogP contribution is 2.36. The van der Waals surface area contributed by atoms with Gasteiger partial charge in [-0.15, -0.1) is 21.5 Å². The number of rotatable bonds is 7. The molecule has 1 fully saturated rings. The maximum absolute atomic E-state index is 12.5. The fraction of sp³-hybridized carbons (Fsp3) is 0.429. The standard InChI is InChI=1S/C21H24N4O3S/c1-2-27-20-16(5-3-11-22-20)18(26)23-13-14-7-9-15(10-8-14)19-24-25-21(28-19)17-6-4-12-29-17/h3-6,11-12,14-15H,2,7-10,13H2,1H3,(H,23,26). The number of nitrogens with one attached hydrogen (secondary N) is 1. The smallest absolute Gasteiger partial charge is 0.257 e. The van der Waals surface area contributed by atoms with Crippen LogP contribution in [-0.2, 0) is 0 Å². The molecule has 1 aliphatic carbocycles. The molecule has 4 rings (SSSR count). The van der Waals surface area contributed by atoms with Gasteiger partial charge in [0, 0.05) is 18.7 Å². The van der Waals surface area contributed by atoms with Gasteiger partial charge in [-0.1, -0.05) is 6.07 Å². The molecule has 0 bridgehead atoms. The number of nitrogens with zero attached hydrogens (tertiary/aromatic N) is 3. The van der Waals surface area contributed by atoms with E-state index < -0.39 is 0 Å². The van der Waals surface area contributed by atoms with Crippen LogP contribution in [0.5, 0.6) is 5.88 Å². The fourth-order valence-corrected chi connectivity index (χ4v) is 4.30. The number of hydrogen-bond donors (Lipinski definition) is 1. The summed E-state index contributed by atoms with van der Waals surface area (Å²) in [7, 11) is 0. The topological polar surface area (TPSA) is 90.1 Å². The van der Waals surface area contributed by atoms with Gasteiger partial charge in [-0.2, -0.15) is 0 Å². The maximum atomic E-state index is 12.5. The molecule has 3 aromatic rings. The first-order valence-corrected chi connectivity index (χ1v) is 10.9. The Kier molecular flexibility index (Phi) is 6.19. The molecule has 0 radical (unpaired) electrons. The van der Waals surface area contributed by atoms with E-state index in [0.29, 0.717) is 42.3 Å². The number of thiophene rings is 1. The molecule has 1 amide bonds. The Balaban J connectivity index is 1.28. The summed E-state index contributed by atoms with van der Waals surface area (Å²) >= 11 is 1.60. The molecule has 0 aliphatic heterocycles. The van der Waals surface area contributed by atoms with Crippen LogP contribution in [-0.4, -0.2) is 34.2 Å². The monoisotopic (exact) mass is 412 g/mol. The molecule has 8 heteroatoms. The van der Waals surface area contributed by atoms with Crippen LogP contribution in [0.1, 0.15) is 54.8 Å². The van der Waals surface area contributed by atoms with Crippen molar-refractivity contribution in [3.05, 3.63) is 47.3 Å². The number of pyridine rings is 1. The van der Waals surface area contributed by atoms with Crippen molar-refractivity contribution in [2.75, 3.05) is 13.2 Å². The number of carbonyl (C=O) groups excluding carboxylic acids is 1. The Morgan fingerprint density at radius 3 is 2.86 bits per heavy atom. The van der Waals surface area contributed by atoms with Crippen LogP contribution < -0.4 is 10.1 Å². The number of ether oxygens (including phenoxy) is 1. The summed E-state index contributed by atoms with van der Waals surface area (Å²) < 4.78 is 11.3. The zero-order valence-electron chi connectivity index (χ0n) is 16.3. The van der Waals surface area contributed by atoms with Gasteiger partial charge in [0.15, 0.2) is 0 Å². The van der Waals surface area contributed by atoms with Gasteiger partial charge in [0.25, 0.3) is 11.8 Å². The lowest BCUT2D eigenvalue weighted by Crippen LogP contribution is -2.31. The van der Waals surface area contributed by atoms with E-state index in [4.69, 9.17) is 9.15 Å². The van der Waals surface area contributed by atoms with E-state index in [9.17, 15) is 4.79 Å². The van der Waals surface area contributed by atoms with E-state index in [-0.39, 0.29) is 5.91 Å². The van der Waals surface area contributed by atoms with E-state index in [0.717, 1.165) is 36.5 Å². The molecule has 1 saturated carbocycles. The molecule has 1 N–H and O–H groups in total. The minimum atomic E-state index is -0.138. The molecule has 7 nitrogen and oxygen atoms in total. The summed E-state index contributed by atoms with van der Waals surface area (Å²) in [5.41, 5.74) is 0.481. The van der Waals surface area contributed by atoms with Crippen molar-refractivity contribution < 1.29 is 13.9 Å². The quantitative estimate of drug-likeness (QED) is 0.622. The van der Waals surface area contributed by atoms with Gasteiger partial charge in [-0.25, -0.2) is 4.98 Å². The third kappa shape index (κ3) is 4.64. The molecule has 3 heterocycles. The van der Waals surface area contributed by atoms with Crippen molar-refractivity contribution in [2.45, 2.75) is 38.5 Å². The highest BCUT2D eigenvalue weighted by molar-refractivity contribution is 7.13. The molecule has 0 unspecified atom stereocenters. The minimum absolute atomic E-state index is 0.138. The highest BCUT2D eigenvalue weighted by atomic mass is 32.1. The summed E-state index contributed by atoms with van der Waals surface area (Å²) in [6, 6.07) is 7.45. The molecule has 3 aromatic heterocycles. The molecule has 1 aliphatic rings. The number of carbonyl (C=O) groups is 1. The SMILES string of the molecule is CCOc1ncccc1C(=O)NCC1CCC(c2nnc(-c3cccs3)o2)CC1. The Morgan fingerprint density at radius 1 is 1.24 bits per heavy atom. The van der Waals surface area contributed by atoms with Gasteiger partial charge >= 0.3 is 0 Å². The zero-order valence-corrected chi connectivity index (χ0v) is 17.2. The fourth-order valence-electron chi connectivity index (χ4n) is 3.66. The zero-order chi connectivity index (χ0) is 20.1. The lowest BCUT2D eigenvalue weighted by atomic mass is 9.82. The summed E-state index contributed by atoms with van der Waals surface area (Å²) in [5.74, 6) is 2.32. The lowest BCUT2D eigenvalue weighted by molar-refractivity contribution is 0.0937. The van der Waals surface area contributed by atoms with Gasteiger partial charge in [0.05, 0.1) is 11.5 Å². The van der Waals surface area contributed by atoms with E-state index in [1.807, 2.05) is 24.4 Å². The maximum Gasteiger partial charge on any atom is 0.257 e. The second-order valence-corrected chi connectivity index (χ2v) is 8.09. The predicted molar refractivity (Wildman–Crippen MR) is 110 cm³/mol. The highest BCUT2D eigenvalue weighted by Gasteiger charge is 2.27. The van der Waals surface area contributed by atoms with Crippen LogP contribution in [0.4, 0.5) is 0 Å². The van der Waals surface area contributed by atoms with Crippen molar-refractivity contribution in [3.63, 3.8) is 0 Å². The summed E-state index contributed by atoms with van der Waals surface area (Å²) in [4.78, 5) is 17.7. The molecule has 152 valence electrons. The summed E-state index contributed by atoms with van der Waals surface area (Å²) in [6.07, 6.45) is 5.65. The lowest BCUT2D eigenvalue weighted by Gasteiger charge is -2.26. The predicted octanol–water partition coefficient (Wildman–Crippen LogP) is 4.30.